The molecule has 0 radical (unpaired) electrons. The van der Waals surface area contributed by atoms with Crippen molar-refractivity contribution in [3.05, 3.63) is 23.8 Å². The maximum absolute atomic E-state index is 12.3. The summed E-state index contributed by atoms with van der Waals surface area (Å²) in [6.45, 7) is 7.45. The molecule has 0 atom stereocenters. The lowest BCUT2D eigenvalue weighted by atomic mass is 9.74. The summed E-state index contributed by atoms with van der Waals surface area (Å²) in [6, 6.07) is 4.84. The number of rotatable bonds is 1. The highest BCUT2D eigenvalue weighted by Crippen LogP contribution is 2.41. The highest BCUT2D eigenvalue weighted by atomic mass is 16.4. The van der Waals surface area contributed by atoms with Crippen molar-refractivity contribution in [2.24, 2.45) is 5.41 Å². The average molecular weight is 262 g/mol. The first-order valence-corrected chi connectivity index (χ1v) is 6.13. The van der Waals surface area contributed by atoms with E-state index in [2.05, 4.69) is 10.6 Å². The van der Waals surface area contributed by atoms with Crippen molar-refractivity contribution in [2.75, 3.05) is 10.6 Å². The predicted molar refractivity (Wildman–Crippen MR) is 73.5 cm³/mol. The van der Waals surface area contributed by atoms with Gasteiger partial charge in [0.15, 0.2) is 0 Å². The van der Waals surface area contributed by atoms with Gasteiger partial charge in [0.1, 0.15) is 0 Å². The molecule has 1 amide bonds. The summed E-state index contributed by atoms with van der Waals surface area (Å²) in [5.41, 5.74) is -0.138. The van der Waals surface area contributed by atoms with Gasteiger partial charge in [-0.3, -0.25) is 4.79 Å². The van der Waals surface area contributed by atoms with Crippen LogP contribution in [0.15, 0.2) is 18.2 Å². The molecule has 5 heteroatoms. The molecule has 102 valence electrons. The quantitative estimate of drug-likeness (QED) is 0.726. The summed E-state index contributed by atoms with van der Waals surface area (Å²) < 4.78 is 0. The average Bonchev–Trinajstić information content (AvgIpc) is 2.35. The number of carbonyl (C=O) groups is 2. The summed E-state index contributed by atoms with van der Waals surface area (Å²) in [7, 11) is 0. The van der Waals surface area contributed by atoms with E-state index in [1.54, 1.807) is 12.1 Å². The molecule has 1 aromatic carbocycles. The maximum Gasteiger partial charge on any atom is 0.337 e. The van der Waals surface area contributed by atoms with Gasteiger partial charge in [0.25, 0.3) is 0 Å². The number of anilines is 2. The van der Waals surface area contributed by atoms with Gasteiger partial charge in [-0.2, -0.15) is 0 Å². The van der Waals surface area contributed by atoms with Crippen LogP contribution in [-0.4, -0.2) is 22.5 Å². The molecule has 0 fully saturated rings. The van der Waals surface area contributed by atoms with Crippen LogP contribution in [0.3, 0.4) is 0 Å². The van der Waals surface area contributed by atoms with Crippen LogP contribution in [0.25, 0.3) is 0 Å². The van der Waals surface area contributed by atoms with Crippen molar-refractivity contribution in [3.8, 4) is 0 Å². The van der Waals surface area contributed by atoms with E-state index in [9.17, 15) is 14.7 Å². The summed E-state index contributed by atoms with van der Waals surface area (Å²) >= 11 is 0. The van der Waals surface area contributed by atoms with Crippen LogP contribution in [0, 0.1) is 5.41 Å². The van der Waals surface area contributed by atoms with E-state index < -0.39 is 16.9 Å². The Labute approximate surface area is 112 Å². The van der Waals surface area contributed by atoms with Crippen LogP contribution >= 0.6 is 0 Å². The molecule has 19 heavy (non-hydrogen) atoms. The first-order chi connectivity index (χ1) is 8.67. The Bertz CT molecular complexity index is 562. The first-order valence-electron chi connectivity index (χ1n) is 6.13. The minimum atomic E-state index is -1.02. The van der Waals surface area contributed by atoms with Crippen LogP contribution in [0.2, 0.25) is 0 Å². The Morgan fingerprint density at radius 1 is 1.21 bits per heavy atom. The van der Waals surface area contributed by atoms with E-state index in [4.69, 9.17) is 0 Å². The standard InChI is InChI=1S/C14H18N2O3/c1-13(2)12(19)15-9-7-5-6-8(11(17)18)10(9)16-14(13,3)4/h5-7,16H,1-4H3,(H,15,19)(H,17,18). The highest BCUT2D eigenvalue weighted by molar-refractivity contribution is 6.05. The van der Waals surface area contributed by atoms with E-state index in [1.165, 1.54) is 6.07 Å². The molecule has 5 nitrogen and oxygen atoms in total. The van der Waals surface area contributed by atoms with Crippen LogP contribution < -0.4 is 10.6 Å². The molecule has 0 saturated carbocycles. The number of para-hydroxylation sites is 1. The largest absolute Gasteiger partial charge is 0.478 e. The fourth-order valence-corrected chi connectivity index (χ4v) is 2.00. The smallest absolute Gasteiger partial charge is 0.337 e. The van der Waals surface area contributed by atoms with Crippen molar-refractivity contribution in [3.63, 3.8) is 0 Å². The highest BCUT2D eigenvalue weighted by Gasteiger charge is 2.46. The Hall–Kier alpha value is -2.04. The lowest BCUT2D eigenvalue weighted by Gasteiger charge is -2.39. The third-order valence-corrected chi connectivity index (χ3v) is 4.11. The molecule has 1 aliphatic heterocycles. The molecule has 1 aromatic rings. The zero-order valence-electron chi connectivity index (χ0n) is 11.5. The van der Waals surface area contributed by atoms with Crippen LogP contribution in [0.4, 0.5) is 11.4 Å². The van der Waals surface area contributed by atoms with Crippen molar-refractivity contribution in [2.45, 2.75) is 33.2 Å². The molecule has 0 saturated heterocycles. The number of aromatic carboxylic acids is 1. The van der Waals surface area contributed by atoms with Crippen molar-refractivity contribution in [1.29, 1.82) is 0 Å². The van der Waals surface area contributed by atoms with Gasteiger partial charge in [-0.05, 0) is 39.8 Å². The molecular formula is C14H18N2O3. The Kier molecular flexibility index (Phi) is 2.81. The lowest BCUT2D eigenvalue weighted by molar-refractivity contribution is -0.126. The minimum absolute atomic E-state index is 0.133. The molecule has 1 heterocycles. The van der Waals surface area contributed by atoms with Gasteiger partial charge >= 0.3 is 5.97 Å². The Balaban J connectivity index is 2.65. The molecule has 0 spiro atoms. The second-order valence-electron chi connectivity index (χ2n) is 5.86. The third-order valence-electron chi connectivity index (χ3n) is 4.11. The third kappa shape index (κ3) is 1.95. The topological polar surface area (TPSA) is 78.4 Å². The summed E-state index contributed by atoms with van der Waals surface area (Å²) in [5, 5.41) is 15.3. The monoisotopic (exact) mass is 262 g/mol. The number of benzene rings is 1. The van der Waals surface area contributed by atoms with Crippen molar-refractivity contribution < 1.29 is 14.7 Å². The van der Waals surface area contributed by atoms with Crippen LogP contribution in [-0.2, 0) is 4.79 Å². The number of carbonyl (C=O) groups excluding carboxylic acids is 1. The van der Waals surface area contributed by atoms with Gasteiger partial charge in [0, 0.05) is 5.54 Å². The van der Waals surface area contributed by atoms with Gasteiger partial charge in [-0.1, -0.05) is 6.07 Å². The molecule has 3 N–H and O–H groups in total. The molecule has 2 rings (SSSR count). The number of hydrogen-bond acceptors (Lipinski definition) is 3. The van der Waals surface area contributed by atoms with Crippen LogP contribution in [0.5, 0.6) is 0 Å². The molecule has 0 aromatic heterocycles. The first kappa shape index (κ1) is 13.4. The van der Waals surface area contributed by atoms with Gasteiger partial charge in [0.2, 0.25) is 5.91 Å². The zero-order chi connectivity index (χ0) is 14.4. The fraction of sp³-hybridized carbons (Fsp3) is 0.429. The summed E-state index contributed by atoms with van der Waals surface area (Å²) in [4.78, 5) is 23.6. The lowest BCUT2D eigenvalue weighted by Crippen LogP contribution is -2.51. The van der Waals surface area contributed by atoms with E-state index in [0.29, 0.717) is 11.4 Å². The summed E-state index contributed by atoms with van der Waals surface area (Å²) in [5.74, 6) is -1.15. The molecule has 1 aliphatic rings. The van der Waals surface area contributed by atoms with Gasteiger partial charge in [-0.25, -0.2) is 4.79 Å². The van der Waals surface area contributed by atoms with Crippen molar-refractivity contribution >= 4 is 23.3 Å². The Morgan fingerprint density at radius 2 is 1.84 bits per heavy atom. The number of fused-ring (bicyclic) bond motifs is 1. The van der Waals surface area contributed by atoms with Crippen LogP contribution in [0.1, 0.15) is 38.1 Å². The Morgan fingerprint density at radius 3 is 2.42 bits per heavy atom. The number of nitrogens with one attached hydrogen (secondary N) is 2. The zero-order valence-corrected chi connectivity index (χ0v) is 11.5. The minimum Gasteiger partial charge on any atom is -0.478 e. The van der Waals surface area contributed by atoms with E-state index in [0.717, 1.165) is 0 Å². The van der Waals surface area contributed by atoms with E-state index >= 15 is 0 Å². The van der Waals surface area contributed by atoms with Gasteiger partial charge < -0.3 is 15.7 Å². The molecule has 0 bridgehead atoms. The number of amides is 1. The molecular weight excluding hydrogens is 244 g/mol. The normalized spacial score (nSPS) is 19.7. The van der Waals surface area contributed by atoms with E-state index in [-0.39, 0.29) is 11.5 Å². The molecule has 0 aliphatic carbocycles. The second-order valence-corrected chi connectivity index (χ2v) is 5.86. The second kappa shape index (κ2) is 3.98. The van der Waals surface area contributed by atoms with Gasteiger partial charge in [-0.15, -0.1) is 0 Å². The number of carboxylic acid groups (broad SMARTS) is 1. The fourth-order valence-electron chi connectivity index (χ4n) is 2.00. The molecule has 0 unspecified atom stereocenters. The summed E-state index contributed by atoms with van der Waals surface area (Å²) in [6.07, 6.45) is 0. The number of carboxylic acids is 1. The van der Waals surface area contributed by atoms with Crippen molar-refractivity contribution in [1.82, 2.24) is 0 Å². The SMILES string of the molecule is CC1(C)Nc2c(cccc2C(=O)O)NC(=O)C1(C)C. The number of hydrogen-bond donors (Lipinski definition) is 3. The van der Waals surface area contributed by atoms with Gasteiger partial charge in [0.05, 0.1) is 22.4 Å². The predicted octanol–water partition coefficient (Wildman–Crippen LogP) is 2.55. The maximum atomic E-state index is 12.3. The van der Waals surface area contributed by atoms with E-state index in [1.807, 2.05) is 27.7 Å².